The number of primary amides is 1. The number of rotatable bonds is 2. The number of carbonyl (C=O) groups is 1. The highest BCUT2D eigenvalue weighted by Gasteiger charge is 2.06. The molecule has 1 aliphatic carbocycles. The lowest BCUT2D eigenvalue weighted by molar-refractivity contribution is -0.117. The lowest BCUT2D eigenvalue weighted by Crippen LogP contribution is -2.32. The van der Waals surface area contributed by atoms with Gasteiger partial charge in [0.2, 0.25) is 5.91 Å². The van der Waals surface area contributed by atoms with Gasteiger partial charge in [0, 0.05) is 6.08 Å². The molecule has 1 aromatic rings. The summed E-state index contributed by atoms with van der Waals surface area (Å²) in [6.07, 6.45) is 5.10. The Morgan fingerprint density at radius 1 is 1.38 bits per heavy atom. The molecule has 1 aromatic carbocycles. The molecule has 2 rings (SSSR count). The van der Waals surface area contributed by atoms with E-state index in [9.17, 15) is 4.79 Å². The normalized spacial score (nSPS) is 13.8. The lowest BCUT2D eigenvalue weighted by Gasteiger charge is -2.04. The van der Waals surface area contributed by atoms with Crippen LogP contribution in [0.4, 0.5) is 0 Å². The van der Waals surface area contributed by atoms with Gasteiger partial charge < -0.3 is 5.73 Å². The van der Waals surface area contributed by atoms with Crippen LogP contribution in [0.15, 0.2) is 18.2 Å². The summed E-state index contributed by atoms with van der Waals surface area (Å²) in [5, 5.41) is 1.85. The Labute approximate surface area is 103 Å². The van der Waals surface area contributed by atoms with Crippen molar-refractivity contribution in [3.05, 3.63) is 34.2 Å². The second-order valence-electron chi connectivity index (χ2n) is 3.53. The minimum Gasteiger partial charge on any atom is -0.369 e. The minimum absolute atomic E-state index is 0.228. The van der Waals surface area contributed by atoms with Crippen LogP contribution in [0.25, 0.3) is 12.2 Å². The van der Waals surface area contributed by atoms with E-state index in [0.29, 0.717) is 9.73 Å². The maximum atomic E-state index is 10.8. The van der Waals surface area contributed by atoms with Crippen LogP contribution in [-0.2, 0) is 11.2 Å². The Morgan fingerprint density at radius 2 is 2.12 bits per heavy atom. The monoisotopic (exact) mass is 246 g/mol. The van der Waals surface area contributed by atoms with Crippen LogP contribution in [0, 0.1) is 0 Å². The molecule has 4 heteroatoms. The number of thiocarbonyl (C=S) groups is 2. The zero-order valence-electron chi connectivity index (χ0n) is 8.32. The van der Waals surface area contributed by atoms with Crippen LogP contribution in [0.1, 0.15) is 5.56 Å². The number of nitrogens with two attached hydrogens (primary N) is 1. The van der Waals surface area contributed by atoms with Crippen molar-refractivity contribution in [2.75, 3.05) is 0 Å². The van der Waals surface area contributed by atoms with E-state index in [0.717, 1.165) is 16.0 Å². The molecule has 79 valence electrons. The summed E-state index contributed by atoms with van der Waals surface area (Å²) in [4.78, 5) is 12.0. The van der Waals surface area contributed by atoms with Crippen molar-refractivity contribution in [1.82, 2.24) is 0 Å². The summed E-state index contributed by atoms with van der Waals surface area (Å²) < 4.78 is 0. The summed E-state index contributed by atoms with van der Waals surface area (Å²) in [7, 11) is 0. The van der Waals surface area contributed by atoms with Crippen LogP contribution < -0.4 is 16.2 Å². The topological polar surface area (TPSA) is 43.1 Å². The molecule has 1 aliphatic rings. The van der Waals surface area contributed by atoms with Crippen LogP contribution in [0.3, 0.4) is 0 Å². The molecule has 0 saturated heterocycles. The van der Waals surface area contributed by atoms with E-state index in [1.807, 2.05) is 24.3 Å². The van der Waals surface area contributed by atoms with Gasteiger partial charge in [0.25, 0.3) is 0 Å². The van der Waals surface area contributed by atoms with E-state index < -0.39 is 0 Å². The van der Waals surface area contributed by atoms with Gasteiger partial charge in [-0.2, -0.15) is 0 Å². The van der Waals surface area contributed by atoms with E-state index in [4.69, 9.17) is 30.2 Å². The van der Waals surface area contributed by atoms with Crippen LogP contribution >= 0.6 is 24.4 Å². The van der Waals surface area contributed by atoms with Gasteiger partial charge in [-0.3, -0.25) is 4.79 Å². The SMILES string of the molecule is NC(=O)Cc1ccc2c(c1)=[C]C(=S)C(=S)C=2. The molecule has 0 unspecified atom stereocenters. The molecule has 1 amide bonds. The van der Waals surface area contributed by atoms with E-state index in [-0.39, 0.29) is 12.3 Å². The fraction of sp³-hybridized carbons (Fsp3) is 0.0833. The van der Waals surface area contributed by atoms with Gasteiger partial charge >= 0.3 is 0 Å². The van der Waals surface area contributed by atoms with Crippen molar-refractivity contribution in [1.29, 1.82) is 0 Å². The zero-order chi connectivity index (χ0) is 11.7. The first-order chi connectivity index (χ1) is 7.56. The first kappa shape index (κ1) is 11.1. The third-order valence-electron chi connectivity index (χ3n) is 2.25. The Bertz CT molecular complexity index is 616. The van der Waals surface area contributed by atoms with E-state index >= 15 is 0 Å². The summed E-state index contributed by atoms with van der Waals surface area (Å²) >= 11 is 10.1. The first-order valence-electron chi connectivity index (χ1n) is 4.67. The van der Waals surface area contributed by atoms with Crippen molar-refractivity contribution in [3.8, 4) is 0 Å². The molecule has 0 aromatic heterocycles. The largest absolute Gasteiger partial charge is 0.369 e. The molecule has 2 nitrogen and oxygen atoms in total. The van der Waals surface area contributed by atoms with Crippen LogP contribution in [0.2, 0.25) is 0 Å². The van der Waals surface area contributed by atoms with E-state index in [1.54, 1.807) is 0 Å². The highest BCUT2D eigenvalue weighted by molar-refractivity contribution is 7.90. The highest BCUT2D eigenvalue weighted by atomic mass is 32.1. The molecule has 1 radical (unpaired) electrons. The molecular weight excluding hydrogens is 238 g/mol. The molecule has 0 spiro atoms. The number of hydrogen-bond acceptors (Lipinski definition) is 3. The van der Waals surface area contributed by atoms with Crippen LogP contribution in [0.5, 0.6) is 0 Å². The Balaban J connectivity index is 2.56. The summed E-state index contributed by atoms with van der Waals surface area (Å²) in [5.41, 5.74) is 6.00. The smallest absolute Gasteiger partial charge is 0.221 e. The summed E-state index contributed by atoms with van der Waals surface area (Å²) in [6, 6.07) is 5.62. The number of fused-ring (bicyclic) bond motifs is 1. The van der Waals surface area contributed by atoms with E-state index in [2.05, 4.69) is 6.08 Å². The average Bonchev–Trinajstić information content (AvgIpc) is 2.19. The molecule has 0 bridgehead atoms. The standard InChI is InChI=1S/C12H8NOS2/c13-12(14)4-7-1-2-8-5-10(15)11(16)6-9(8)3-7/h1-3,5H,4H2,(H2,13,14). The van der Waals surface area contributed by atoms with Gasteiger partial charge in [-0.1, -0.05) is 36.6 Å². The van der Waals surface area contributed by atoms with Crippen molar-refractivity contribution < 1.29 is 4.79 Å². The molecule has 0 aliphatic heterocycles. The zero-order valence-corrected chi connectivity index (χ0v) is 9.95. The fourth-order valence-electron chi connectivity index (χ4n) is 1.54. The predicted molar refractivity (Wildman–Crippen MR) is 71.7 cm³/mol. The Hall–Kier alpha value is -1.39. The molecule has 16 heavy (non-hydrogen) atoms. The Morgan fingerprint density at radius 3 is 2.81 bits per heavy atom. The third kappa shape index (κ3) is 2.23. The molecule has 0 fully saturated rings. The average molecular weight is 246 g/mol. The van der Waals surface area contributed by atoms with Gasteiger partial charge in [0.1, 0.15) is 0 Å². The second-order valence-corrected chi connectivity index (χ2v) is 4.38. The molecular formula is C12H8NOS2. The Kier molecular flexibility index (Phi) is 2.94. The maximum absolute atomic E-state index is 10.8. The maximum Gasteiger partial charge on any atom is 0.221 e. The summed E-state index contributed by atoms with van der Waals surface area (Å²) in [6.45, 7) is 0. The predicted octanol–water partition coefficient (Wildman–Crippen LogP) is -0.0942. The first-order valence-corrected chi connectivity index (χ1v) is 5.49. The van der Waals surface area contributed by atoms with Crippen molar-refractivity contribution in [3.63, 3.8) is 0 Å². The quantitative estimate of drug-likeness (QED) is 0.742. The fourth-order valence-corrected chi connectivity index (χ4v) is 1.89. The summed E-state index contributed by atoms with van der Waals surface area (Å²) in [5.74, 6) is -0.349. The van der Waals surface area contributed by atoms with Gasteiger partial charge in [0.05, 0.1) is 16.1 Å². The number of amides is 1. The van der Waals surface area contributed by atoms with Gasteiger partial charge in [-0.25, -0.2) is 0 Å². The minimum atomic E-state index is -0.349. The lowest BCUT2D eigenvalue weighted by atomic mass is 10.0. The van der Waals surface area contributed by atoms with E-state index in [1.165, 1.54) is 0 Å². The number of carbonyl (C=O) groups excluding carboxylic acids is 1. The second kappa shape index (κ2) is 4.23. The van der Waals surface area contributed by atoms with Gasteiger partial charge in [-0.05, 0) is 28.1 Å². The third-order valence-corrected chi connectivity index (χ3v) is 3.03. The molecule has 2 N–H and O–H groups in total. The van der Waals surface area contributed by atoms with Gasteiger partial charge in [0.15, 0.2) is 0 Å². The number of hydrogen-bond donors (Lipinski definition) is 1. The molecule has 0 saturated carbocycles. The van der Waals surface area contributed by atoms with Crippen LogP contribution in [-0.4, -0.2) is 15.6 Å². The van der Waals surface area contributed by atoms with Crippen molar-refractivity contribution in [2.45, 2.75) is 6.42 Å². The highest BCUT2D eigenvalue weighted by Crippen LogP contribution is 1.97. The molecule has 0 atom stereocenters. The number of benzene rings is 1. The molecule has 0 heterocycles. The van der Waals surface area contributed by atoms with Crippen molar-refractivity contribution in [2.24, 2.45) is 5.73 Å². The van der Waals surface area contributed by atoms with Crippen molar-refractivity contribution >= 4 is 52.2 Å². The van der Waals surface area contributed by atoms with Gasteiger partial charge in [-0.15, -0.1) is 0 Å².